The molecule has 6 heteroatoms. The minimum absolute atomic E-state index is 0.422. The first kappa shape index (κ1) is 12.1. The molecule has 0 saturated heterocycles. The van der Waals surface area contributed by atoms with Crippen molar-refractivity contribution in [1.82, 2.24) is 10.3 Å². The molecule has 0 aliphatic carbocycles. The van der Waals surface area contributed by atoms with Gasteiger partial charge >= 0.3 is 0 Å². The second-order valence-corrected chi connectivity index (χ2v) is 4.44. The summed E-state index contributed by atoms with van der Waals surface area (Å²) in [5, 5.41) is 2.11. The summed E-state index contributed by atoms with van der Waals surface area (Å²) in [6.07, 6.45) is 6.58. The van der Waals surface area contributed by atoms with E-state index in [4.69, 9.17) is 4.74 Å². The molecule has 1 aliphatic rings. The third kappa shape index (κ3) is 2.83. The van der Waals surface area contributed by atoms with Crippen LogP contribution in [-0.4, -0.2) is 23.5 Å². The van der Waals surface area contributed by atoms with Gasteiger partial charge < -0.3 is 10.1 Å². The Bertz CT molecular complexity index is 452. The number of ether oxygens (including phenoxy) is 1. The largest absolute Gasteiger partial charge is 0.336 e. The quantitative estimate of drug-likeness (QED) is 0.657. The molecule has 0 radical (unpaired) electrons. The molecule has 0 amide bonds. The summed E-state index contributed by atoms with van der Waals surface area (Å²) in [6.45, 7) is 0. The van der Waals surface area contributed by atoms with Gasteiger partial charge in [-0.25, -0.2) is 9.98 Å². The summed E-state index contributed by atoms with van der Waals surface area (Å²) in [5.74, 6) is -0.0346. The number of rotatable bonds is 4. The highest BCUT2D eigenvalue weighted by atomic mass is 32.2. The van der Waals surface area contributed by atoms with E-state index in [0.717, 1.165) is 0 Å². The first-order chi connectivity index (χ1) is 8.26. The fourth-order valence-electron chi connectivity index (χ4n) is 1.33. The molecule has 1 unspecified atom stereocenters. The molecule has 17 heavy (non-hydrogen) atoms. The van der Waals surface area contributed by atoms with Crippen molar-refractivity contribution in [2.45, 2.75) is 10.9 Å². The van der Waals surface area contributed by atoms with Gasteiger partial charge in [-0.15, -0.1) is 0 Å². The molecular formula is C11H12FN3OS. The van der Waals surface area contributed by atoms with E-state index in [-0.39, 0.29) is 0 Å². The van der Waals surface area contributed by atoms with Gasteiger partial charge in [-0.2, -0.15) is 4.39 Å². The smallest absolute Gasteiger partial charge is 0.288 e. The van der Waals surface area contributed by atoms with Gasteiger partial charge in [0.25, 0.3) is 5.18 Å². The third-order valence-corrected chi connectivity index (χ3v) is 3.47. The molecule has 2 rings (SSSR count). The van der Waals surface area contributed by atoms with Gasteiger partial charge in [0.1, 0.15) is 0 Å². The van der Waals surface area contributed by atoms with E-state index in [2.05, 4.69) is 15.3 Å². The topological polar surface area (TPSA) is 46.5 Å². The van der Waals surface area contributed by atoms with E-state index in [9.17, 15) is 4.39 Å². The highest BCUT2D eigenvalue weighted by Gasteiger charge is 2.29. The Morgan fingerprint density at radius 2 is 2.47 bits per heavy atom. The van der Waals surface area contributed by atoms with Crippen LogP contribution in [0.2, 0.25) is 0 Å². The first-order valence-electron chi connectivity index (χ1n) is 5.02. The lowest BCUT2D eigenvalue weighted by atomic mass is 10.3. The van der Waals surface area contributed by atoms with Crippen molar-refractivity contribution in [2.24, 2.45) is 4.99 Å². The van der Waals surface area contributed by atoms with Crippen LogP contribution in [0.15, 0.2) is 35.6 Å². The number of hydrogen-bond donors (Lipinski definition) is 1. The van der Waals surface area contributed by atoms with E-state index in [1.807, 2.05) is 0 Å². The maximum atomic E-state index is 13.3. The number of thioether (sulfide) groups is 1. The molecular weight excluding hydrogens is 241 g/mol. The van der Waals surface area contributed by atoms with Crippen LogP contribution < -0.4 is 5.32 Å². The van der Waals surface area contributed by atoms with Crippen molar-refractivity contribution >= 4 is 18.0 Å². The Morgan fingerprint density at radius 3 is 3.12 bits per heavy atom. The molecule has 0 bridgehead atoms. The van der Waals surface area contributed by atoms with E-state index in [0.29, 0.717) is 11.3 Å². The zero-order valence-corrected chi connectivity index (χ0v) is 10.1. The van der Waals surface area contributed by atoms with Crippen LogP contribution in [0.25, 0.3) is 0 Å². The molecule has 1 aromatic rings. The standard InChI is InChI=1S/C11H12FN3OS/c1-16-11(14-6-3-7-15-11)17-8-9-4-2-5-13-10(9)12/h2-7,14H,8H2,1H3. The number of aromatic nitrogens is 1. The van der Waals surface area contributed by atoms with Crippen molar-refractivity contribution in [2.75, 3.05) is 7.11 Å². The summed E-state index contributed by atoms with van der Waals surface area (Å²) >= 11 is 1.35. The molecule has 1 aliphatic heterocycles. The molecule has 2 heterocycles. The maximum absolute atomic E-state index is 13.3. The van der Waals surface area contributed by atoms with Crippen molar-refractivity contribution < 1.29 is 9.13 Å². The molecule has 4 nitrogen and oxygen atoms in total. The van der Waals surface area contributed by atoms with Crippen LogP contribution in [-0.2, 0) is 10.5 Å². The average molecular weight is 253 g/mol. The van der Waals surface area contributed by atoms with Crippen LogP contribution in [0.1, 0.15) is 5.56 Å². The van der Waals surface area contributed by atoms with E-state index in [1.165, 1.54) is 18.0 Å². The number of nitrogens with one attached hydrogen (secondary N) is 1. The number of nitrogens with zero attached hydrogens (tertiary/aromatic N) is 2. The summed E-state index contributed by atoms with van der Waals surface area (Å²) in [5.41, 5.74) is 0.528. The first-order valence-corrected chi connectivity index (χ1v) is 6.01. The van der Waals surface area contributed by atoms with Crippen molar-refractivity contribution in [3.05, 3.63) is 42.1 Å². The molecule has 0 spiro atoms. The Hall–Kier alpha value is -1.40. The Kier molecular flexibility index (Phi) is 3.75. The van der Waals surface area contributed by atoms with Gasteiger partial charge in [0, 0.05) is 37.0 Å². The van der Waals surface area contributed by atoms with E-state index >= 15 is 0 Å². The normalized spacial score (nSPS) is 22.5. The molecule has 0 fully saturated rings. The number of allylic oxidation sites excluding steroid dienone is 1. The van der Waals surface area contributed by atoms with Gasteiger partial charge in [-0.05, 0) is 12.1 Å². The van der Waals surface area contributed by atoms with Crippen LogP contribution in [0, 0.1) is 5.95 Å². The Balaban J connectivity index is 2.04. The van der Waals surface area contributed by atoms with Gasteiger partial charge in [0.15, 0.2) is 0 Å². The molecule has 0 saturated carbocycles. The summed E-state index contributed by atoms with van der Waals surface area (Å²) < 4.78 is 18.6. The fraction of sp³-hybridized carbons (Fsp3) is 0.273. The van der Waals surface area contributed by atoms with Gasteiger partial charge in [-0.1, -0.05) is 17.8 Å². The van der Waals surface area contributed by atoms with E-state index in [1.54, 1.807) is 37.7 Å². The monoisotopic (exact) mass is 253 g/mol. The van der Waals surface area contributed by atoms with Crippen molar-refractivity contribution in [3.8, 4) is 0 Å². The number of halogens is 1. The van der Waals surface area contributed by atoms with Gasteiger partial charge in [0.2, 0.25) is 5.95 Å². The number of pyridine rings is 1. The highest BCUT2D eigenvalue weighted by Crippen LogP contribution is 2.29. The maximum Gasteiger partial charge on any atom is 0.288 e. The Morgan fingerprint density at radius 1 is 1.59 bits per heavy atom. The minimum atomic E-state index is -0.878. The fourth-order valence-corrected chi connectivity index (χ4v) is 2.30. The molecule has 90 valence electrons. The van der Waals surface area contributed by atoms with Crippen LogP contribution in [0.5, 0.6) is 0 Å². The zero-order chi connectivity index (χ0) is 12.1. The van der Waals surface area contributed by atoms with Gasteiger partial charge in [-0.3, -0.25) is 0 Å². The third-order valence-electron chi connectivity index (χ3n) is 2.23. The second-order valence-electron chi connectivity index (χ2n) is 3.31. The second kappa shape index (κ2) is 5.29. The van der Waals surface area contributed by atoms with E-state index < -0.39 is 11.1 Å². The van der Waals surface area contributed by atoms with Crippen molar-refractivity contribution in [1.29, 1.82) is 0 Å². The zero-order valence-electron chi connectivity index (χ0n) is 9.26. The lowest BCUT2D eigenvalue weighted by molar-refractivity contribution is 0.0609. The lowest BCUT2D eigenvalue weighted by Crippen LogP contribution is -2.40. The lowest BCUT2D eigenvalue weighted by Gasteiger charge is -2.28. The molecule has 1 aromatic heterocycles. The van der Waals surface area contributed by atoms with Crippen LogP contribution in [0.4, 0.5) is 4.39 Å². The van der Waals surface area contributed by atoms with Gasteiger partial charge in [0.05, 0.1) is 0 Å². The predicted molar refractivity (Wildman–Crippen MR) is 66.0 cm³/mol. The Labute approximate surface area is 103 Å². The summed E-state index contributed by atoms with van der Waals surface area (Å²) in [7, 11) is 1.55. The number of methoxy groups -OCH3 is 1. The summed E-state index contributed by atoms with van der Waals surface area (Å²) in [6, 6.07) is 3.40. The predicted octanol–water partition coefficient (Wildman–Crippen LogP) is 1.90. The highest BCUT2D eigenvalue weighted by molar-refractivity contribution is 7.99. The number of aliphatic imine (C=N–C) groups is 1. The van der Waals surface area contributed by atoms with Crippen LogP contribution in [0.3, 0.4) is 0 Å². The van der Waals surface area contributed by atoms with Crippen LogP contribution >= 0.6 is 11.8 Å². The average Bonchev–Trinajstić information content (AvgIpc) is 2.39. The van der Waals surface area contributed by atoms with Crippen molar-refractivity contribution in [3.63, 3.8) is 0 Å². The molecule has 0 aromatic carbocycles. The number of hydrogen-bond acceptors (Lipinski definition) is 5. The minimum Gasteiger partial charge on any atom is -0.336 e. The SMILES string of the molecule is COC1(SCc2cccnc2F)N=CC=CN1. The molecule has 1 N–H and O–H groups in total. The summed E-state index contributed by atoms with van der Waals surface area (Å²) in [4.78, 5) is 7.80. The molecule has 1 atom stereocenters.